The van der Waals surface area contributed by atoms with Gasteiger partial charge in [-0.3, -0.25) is 9.78 Å². The van der Waals surface area contributed by atoms with Crippen LogP contribution in [0.15, 0.2) is 83.5 Å². The van der Waals surface area contributed by atoms with Crippen molar-refractivity contribution in [2.45, 2.75) is 19.6 Å². The second-order valence-electron chi connectivity index (χ2n) is 6.26. The fraction of sp³-hybridized carbons (Fsp3) is 0.130. The Kier molecular flexibility index (Phi) is 6.98. The van der Waals surface area contributed by atoms with Crippen LogP contribution >= 0.6 is 15.9 Å². The van der Waals surface area contributed by atoms with Crippen molar-refractivity contribution >= 4 is 27.9 Å². The highest BCUT2D eigenvalue weighted by molar-refractivity contribution is 9.10. The number of pyridine rings is 1. The zero-order chi connectivity index (χ0) is 19.8. The molecule has 1 heterocycles. The van der Waals surface area contributed by atoms with E-state index in [1.54, 1.807) is 12.3 Å². The van der Waals surface area contributed by atoms with Crippen molar-refractivity contribution in [3.8, 4) is 5.75 Å². The molecule has 28 heavy (non-hydrogen) atoms. The molecule has 0 spiro atoms. The van der Waals surface area contributed by atoms with Crippen molar-refractivity contribution < 1.29 is 9.53 Å². The van der Waals surface area contributed by atoms with Crippen molar-refractivity contribution in [1.82, 2.24) is 10.3 Å². The molecule has 0 aliphatic rings. The van der Waals surface area contributed by atoms with Gasteiger partial charge in [-0.25, -0.2) is 0 Å². The van der Waals surface area contributed by atoms with Gasteiger partial charge in [-0.05, 0) is 54.5 Å². The molecule has 0 aliphatic carbocycles. The van der Waals surface area contributed by atoms with Crippen LogP contribution in [0.3, 0.4) is 0 Å². The lowest BCUT2D eigenvalue weighted by Crippen LogP contribution is -2.24. The van der Waals surface area contributed by atoms with E-state index in [2.05, 4.69) is 26.2 Å². The second kappa shape index (κ2) is 9.85. The Labute approximate surface area is 173 Å². The van der Waals surface area contributed by atoms with E-state index >= 15 is 0 Å². The highest BCUT2D eigenvalue weighted by atomic mass is 79.9. The number of carbonyl (C=O) groups excluding carboxylic acids is 1. The number of aromatic nitrogens is 1. The lowest BCUT2D eigenvalue weighted by molar-refractivity contribution is -0.117. The van der Waals surface area contributed by atoms with Gasteiger partial charge in [0.25, 0.3) is 0 Å². The number of amides is 1. The van der Waals surface area contributed by atoms with Crippen molar-refractivity contribution in [2.24, 2.45) is 0 Å². The third kappa shape index (κ3) is 5.79. The molecule has 0 bridgehead atoms. The van der Waals surface area contributed by atoms with Crippen LogP contribution in [0, 0.1) is 0 Å². The van der Waals surface area contributed by atoms with Crippen LogP contribution < -0.4 is 10.1 Å². The van der Waals surface area contributed by atoms with Crippen molar-refractivity contribution in [2.75, 3.05) is 0 Å². The minimum Gasteiger partial charge on any atom is -0.487 e. The molecule has 0 fully saturated rings. The number of rotatable bonds is 7. The van der Waals surface area contributed by atoms with Gasteiger partial charge in [0.05, 0.1) is 11.7 Å². The van der Waals surface area contributed by atoms with Gasteiger partial charge < -0.3 is 10.1 Å². The Morgan fingerprint density at radius 3 is 2.57 bits per heavy atom. The number of carbonyl (C=O) groups is 1. The first-order valence-electron chi connectivity index (χ1n) is 8.97. The molecule has 1 aromatic heterocycles. The summed E-state index contributed by atoms with van der Waals surface area (Å²) in [7, 11) is 0. The van der Waals surface area contributed by atoms with Gasteiger partial charge in [0.15, 0.2) is 0 Å². The van der Waals surface area contributed by atoms with E-state index in [1.165, 1.54) is 6.08 Å². The van der Waals surface area contributed by atoms with E-state index in [4.69, 9.17) is 4.74 Å². The Balaban J connectivity index is 1.52. The van der Waals surface area contributed by atoms with E-state index < -0.39 is 0 Å². The lowest BCUT2D eigenvalue weighted by Gasteiger charge is -2.14. The number of ether oxygens (including phenoxy) is 1. The van der Waals surface area contributed by atoms with E-state index in [1.807, 2.05) is 73.7 Å². The topological polar surface area (TPSA) is 51.2 Å². The minimum absolute atomic E-state index is 0.0879. The molecule has 0 aliphatic heterocycles. The summed E-state index contributed by atoms with van der Waals surface area (Å²) in [6, 6.07) is 21.1. The maximum atomic E-state index is 12.2. The summed E-state index contributed by atoms with van der Waals surface area (Å²) in [4.78, 5) is 16.4. The molecule has 3 aromatic rings. The second-order valence-corrected chi connectivity index (χ2v) is 7.12. The zero-order valence-electron chi connectivity index (χ0n) is 15.5. The third-order valence-electron chi connectivity index (χ3n) is 4.15. The summed E-state index contributed by atoms with van der Waals surface area (Å²) in [6.07, 6.45) is 5.07. The number of hydrogen-bond acceptors (Lipinski definition) is 3. The molecule has 1 unspecified atom stereocenters. The Morgan fingerprint density at radius 1 is 1.11 bits per heavy atom. The molecule has 142 valence electrons. The number of nitrogens with one attached hydrogen (secondary N) is 1. The van der Waals surface area contributed by atoms with Gasteiger partial charge in [0.2, 0.25) is 5.91 Å². The molecular weight excluding hydrogens is 416 g/mol. The van der Waals surface area contributed by atoms with Crippen LogP contribution in [0.1, 0.15) is 29.8 Å². The van der Waals surface area contributed by atoms with Gasteiger partial charge in [-0.15, -0.1) is 0 Å². The average Bonchev–Trinajstić information content (AvgIpc) is 2.72. The Bertz CT molecular complexity index is 940. The molecule has 2 aromatic carbocycles. The molecule has 1 amide bonds. The van der Waals surface area contributed by atoms with Crippen molar-refractivity contribution in [1.29, 1.82) is 0 Å². The first-order valence-corrected chi connectivity index (χ1v) is 9.77. The molecular formula is C23H21BrN2O2. The van der Waals surface area contributed by atoms with Gasteiger partial charge in [-0.1, -0.05) is 52.3 Å². The van der Waals surface area contributed by atoms with Crippen LogP contribution in [0.5, 0.6) is 5.75 Å². The maximum Gasteiger partial charge on any atom is 0.244 e. The molecule has 0 radical (unpaired) electrons. The largest absolute Gasteiger partial charge is 0.487 e. The number of hydrogen-bond donors (Lipinski definition) is 1. The molecule has 1 N–H and O–H groups in total. The van der Waals surface area contributed by atoms with E-state index in [0.29, 0.717) is 6.61 Å². The summed E-state index contributed by atoms with van der Waals surface area (Å²) in [5, 5.41) is 2.97. The highest BCUT2D eigenvalue weighted by Gasteiger charge is 2.10. The lowest BCUT2D eigenvalue weighted by atomic mass is 10.1. The maximum absolute atomic E-state index is 12.2. The summed E-state index contributed by atoms with van der Waals surface area (Å²) in [5.74, 6) is 0.619. The zero-order valence-corrected chi connectivity index (χ0v) is 17.1. The molecule has 0 saturated carbocycles. The van der Waals surface area contributed by atoms with Crippen LogP contribution in [-0.2, 0) is 11.4 Å². The predicted octanol–water partition coefficient (Wildman–Crippen LogP) is 5.31. The van der Waals surface area contributed by atoms with E-state index in [0.717, 1.165) is 27.0 Å². The van der Waals surface area contributed by atoms with E-state index in [-0.39, 0.29) is 11.9 Å². The first kappa shape index (κ1) is 19.8. The monoisotopic (exact) mass is 436 g/mol. The summed E-state index contributed by atoms with van der Waals surface area (Å²) in [5.41, 5.74) is 2.84. The minimum atomic E-state index is -0.140. The van der Waals surface area contributed by atoms with Crippen molar-refractivity contribution in [3.63, 3.8) is 0 Å². The smallest absolute Gasteiger partial charge is 0.244 e. The third-order valence-corrected chi connectivity index (χ3v) is 4.87. The Morgan fingerprint density at radius 2 is 1.86 bits per heavy atom. The standard InChI is InChI=1S/C23H21BrN2O2/c1-17(21-7-2-3-8-22(21)24)26-23(27)14-11-18-9-12-20(13-10-18)28-16-19-6-4-5-15-25-19/h2-15,17H,16H2,1H3,(H,26,27)/b14-11+. The summed E-state index contributed by atoms with van der Waals surface area (Å²) < 4.78 is 6.69. The molecule has 1 atom stereocenters. The summed E-state index contributed by atoms with van der Waals surface area (Å²) >= 11 is 3.51. The first-order chi connectivity index (χ1) is 13.6. The molecule has 4 nitrogen and oxygen atoms in total. The molecule has 3 rings (SSSR count). The van der Waals surface area contributed by atoms with Crippen LogP contribution in [0.2, 0.25) is 0 Å². The molecule has 5 heteroatoms. The van der Waals surface area contributed by atoms with Crippen LogP contribution in [-0.4, -0.2) is 10.9 Å². The van der Waals surface area contributed by atoms with Crippen LogP contribution in [0.25, 0.3) is 6.08 Å². The molecule has 0 saturated heterocycles. The quantitative estimate of drug-likeness (QED) is 0.510. The summed E-state index contributed by atoms with van der Waals surface area (Å²) in [6.45, 7) is 2.38. The number of halogens is 1. The number of benzene rings is 2. The van der Waals surface area contributed by atoms with Gasteiger partial charge >= 0.3 is 0 Å². The van der Waals surface area contributed by atoms with Crippen molar-refractivity contribution in [3.05, 3.63) is 100 Å². The predicted molar refractivity (Wildman–Crippen MR) is 115 cm³/mol. The Hall–Kier alpha value is -2.92. The van der Waals surface area contributed by atoms with Crippen LogP contribution in [0.4, 0.5) is 0 Å². The van der Waals surface area contributed by atoms with Gasteiger partial charge in [0.1, 0.15) is 12.4 Å². The fourth-order valence-corrected chi connectivity index (χ4v) is 3.28. The SMILES string of the molecule is CC(NC(=O)/C=C/c1ccc(OCc2ccccn2)cc1)c1ccccc1Br. The number of nitrogens with zero attached hydrogens (tertiary/aromatic N) is 1. The fourth-order valence-electron chi connectivity index (χ4n) is 2.65. The average molecular weight is 437 g/mol. The van der Waals surface area contributed by atoms with Gasteiger partial charge in [-0.2, -0.15) is 0 Å². The highest BCUT2D eigenvalue weighted by Crippen LogP contribution is 2.22. The van der Waals surface area contributed by atoms with E-state index in [9.17, 15) is 4.79 Å². The normalized spacial score (nSPS) is 11.9. The van der Waals surface area contributed by atoms with Gasteiger partial charge in [0, 0.05) is 16.7 Å².